The number of carbonyl (C=O) groups excluding carboxylic acids is 1. The first kappa shape index (κ1) is 18.0. The largest absolute Gasteiger partial charge is 0.480 e. The fourth-order valence-electron chi connectivity index (χ4n) is 2.28. The molecule has 2 N–H and O–H groups in total. The van der Waals surface area contributed by atoms with E-state index in [0.29, 0.717) is 5.39 Å². The van der Waals surface area contributed by atoms with Crippen molar-refractivity contribution in [3.05, 3.63) is 30.5 Å². The molecule has 8 nitrogen and oxygen atoms in total. The van der Waals surface area contributed by atoms with E-state index in [1.807, 2.05) is 0 Å². The van der Waals surface area contributed by atoms with Crippen LogP contribution in [0.25, 0.3) is 11.0 Å². The van der Waals surface area contributed by atoms with Crippen LogP contribution in [0.4, 0.5) is 0 Å². The van der Waals surface area contributed by atoms with E-state index in [2.05, 4.69) is 5.32 Å². The van der Waals surface area contributed by atoms with E-state index in [4.69, 9.17) is 4.42 Å². The van der Waals surface area contributed by atoms with Crippen molar-refractivity contribution >= 4 is 32.9 Å². The summed E-state index contributed by atoms with van der Waals surface area (Å²) in [5.41, 5.74) is 0.166. The molecule has 0 aliphatic carbocycles. The van der Waals surface area contributed by atoms with Gasteiger partial charge in [0.2, 0.25) is 15.9 Å². The number of furan rings is 1. The first-order chi connectivity index (χ1) is 11.2. The summed E-state index contributed by atoms with van der Waals surface area (Å²) in [5.74, 6) is -1.61. The van der Waals surface area contributed by atoms with E-state index < -0.39 is 22.0 Å². The van der Waals surface area contributed by atoms with Crippen molar-refractivity contribution in [2.75, 3.05) is 13.1 Å². The molecule has 1 aromatic heterocycles. The third-order valence-corrected chi connectivity index (χ3v) is 5.52. The highest BCUT2D eigenvalue weighted by atomic mass is 32.2. The maximum Gasteiger partial charge on any atom is 0.321 e. The molecule has 1 amide bonds. The van der Waals surface area contributed by atoms with Gasteiger partial charge in [0.1, 0.15) is 10.9 Å². The number of nitrogens with zero attached hydrogens (tertiary/aromatic N) is 1. The smallest absolute Gasteiger partial charge is 0.321 e. The van der Waals surface area contributed by atoms with Crippen LogP contribution in [-0.2, 0) is 19.6 Å². The Morgan fingerprint density at radius 3 is 2.67 bits per heavy atom. The van der Waals surface area contributed by atoms with Gasteiger partial charge in [0.25, 0.3) is 0 Å². The van der Waals surface area contributed by atoms with E-state index in [-0.39, 0.29) is 29.5 Å². The van der Waals surface area contributed by atoms with Crippen LogP contribution in [0, 0.1) is 0 Å². The number of nitrogens with one attached hydrogen (secondary N) is 1. The summed E-state index contributed by atoms with van der Waals surface area (Å²) in [6.07, 6.45) is 1.37. The van der Waals surface area contributed by atoms with Gasteiger partial charge in [0.15, 0.2) is 5.58 Å². The summed E-state index contributed by atoms with van der Waals surface area (Å²) in [4.78, 5) is 22.2. The van der Waals surface area contributed by atoms with Gasteiger partial charge in [-0.3, -0.25) is 9.59 Å². The van der Waals surface area contributed by atoms with Crippen molar-refractivity contribution in [3.63, 3.8) is 0 Å². The molecule has 0 saturated carbocycles. The highest BCUT2D eigenvalue weighted by Crippen LogP contribution is 2.27. The number of benzene rings is 1. The third-order valence-electron chi connectivity index (χ3n) is 3.52. The molecule has 0 spiro atoms. The number of rotatable bonds is 7. The molecular formula is C15H18N2O6S. The van der Waals surface area contributed by atoms with Gasteiger partial charge in [-0.2, -0.15) is 4.31 Å². The highest BCUT2D eigenvalue weighted by Gasteiger charge is 2.34. The molecule has 0 saturated heterocycles. The van der Waals surface area contributed by atoms with Crippen LogP contribution in [0.5, 0.6) is 0 Å². The zero-order valence-electron chi connectivity index (χ0n) is 13.2. The van der Waals surface area contributed by atoms with Crippen LogP contribution in [0.3, 0.4) is 0 Å². The maximum atomic E-state index is 13.0. The van der Waals surface area contributed by atoms with Gasteiger partial charge in [-0.15, -0.1) is 0 Å². The maximum absolute atomic E-state index is 13.0. The van der Waals surface area contributed by atoms with Crippen molar-refractivity contribution in [3.8, 4) is 0 Å². The number of aliphatic carboxylic acids is 1. The predicted molar refractivity (Wildman–Crippen MR) is 85.9 cm³/mol. The first-order valence-corrected chi connectivity index (χ1v) is 8.64. The number of carboxylic acids is 1. The average Bonchev–Trinajstić information content (AvgIpc) is 2.98. The molecular weight excluding hydrogens is 336 g/mol. The molecule has 9 heteroatoms. The topological polar surface area (TPSA) is 117 Å². The fraction of sp³-hybridized carbons (Fsp3) is 0.333. The minimum absolute atomic E-state index is 0.000312. The van der Waals surface area contributed by atoms with E-state index in [9.17, 15) is 23.1 Å². The zero-order valence-corrected chi connectivity index (χ0v) is 14.0. The second-order valence-electron chi connectivity index (χ2n) is 5.21. The summed E-state index contributed by atoms with van der Waals surface area (Å²) in [6, 6.07) is 4.94. The molecule has 0 fully saturated rings. The predicted octanol–water partition coefficient (Wildman–Crippen LogP) is 1.03. The average molecular weight is 354 g/mol. The van der Waals surface area contributed by atoms with Crippen LogP contribution >= 0.6 is 0 Å². The second-order valence-corrected chi connectivity index (χ2v) is 7.07. The summed E-state index contributed by atoms with van der Waals surface area (Å²) in [7, 11) is -4.13. The molecule has 1 atom stereocenters. The Balaban J connectivity index is 2.44. The first-order valence-electron chi connectivity index (χ1n) is 7.20. The quantitative estimate of drug-likeness (QED) is 0.767. The van der Waals surface area contributed by atoms with Gasteiger partial charge < -0.3 is 14.8 Å². The molecule has 1 unspecified atom stereocenters. The lowest BCUT2D eigenvalue weighted by Gasteiger charge is -2.25. The fourth-order valence-corrected chi connectivity index (χ4v) is 4.02. The third kappa shape index (κ3) is 3.57. The summed E-state index contributed by atoms with van der Waals surface area (Å²) in [5, 5.41) is 12.3. The van der Waals surface area contributed by atoms with Gasteiger partial charge >= 0.3 is 5.97 Å². The van der Waals surface area contributed by atoms with Crippen LogP contribution < -0.4 is 5.32 Å². The molecule has 1 heterocycles. The minimum Gasteiger partial charge on any atom is -0.480 e. The number of para-hydroxylation sites is 1. The van der Waals surface area contributed by atoms with Gasteiger partial charge in [-0.1, -0.05) is 12.1 Å². The number of amides is 1. The number of fused-ring (bicyclic) bond motifs is 1. The Morgan fingerprint density at radius 2 is 2.04 bits per heavy atom. The van der Waals surface area contributed by atoms with Gasteiger partial charge in [-0.25, -0.2) is 8.42 Å². The molecule has 24 heavy (non-hydrogen) atoms. The van der Waals surface area contributed by atoms with E-state index >= 15 is 0 Å². The standard InChI is InChI=1S/C15H18N2O6S/c1-10(15(19)20)17(8-7-16-11(2)18)24(21,22)13-5-3-4-12-6-9-23-14(12)13/h3-6,9-10H,7-8H2,1-2H3,(H,16,18)(H,19,20). The van der Waals surface area contributed by atoms with Crippen molar-refractivity contribution in [1.82, 2.24) is 9.62 Å². The van der Waals surface area contributed by atoms with Crippen molar-refractivity contribution in [1.29, 1.82) is 0 Å². The van der Waals surface area contributed by atoms with Crippen LogP contribution in [-0.4, -0.2) is 48.8 Å². The van der Waals surface area contributed by atoms with Crippen LogP contribution in [0.1, 0.15) is 13.8 Å². The van der Waals surface area contributed by atoms with Crippen molar-refractivity contribution in [2.24, 2.45) is 0 Å². The van der Waals surface area contributed by atoms with Crippen molar-refractivity contribution in [2.45, 2.75) is 24.8 Å². The van der Waals surface area contributed by atoms with E-state index in [0.717, 1.165) is 4.31 Å². The Kier molecular flexibility index (Phi) is 5.25. The molecule has 0 aliphatic rings. The molecule has 0 radical (unpaired) electrons. The summed E-state index contributed by atoms with van der Waals surface area (Å²) >= 11 is 0. The summed E-state index contributed by atoms with van der Waals surface area (Å²) < 4.78 is 32.0. The molecule has 0 bridgehead atoms. The second kappa shape index (κ2) is 7.02. The monoisotopic (exact) mass is 354 g/mol. The molecule has 1 aromatic carbocycles. The number of hydrogen-bond acceptors (Lipinski definition) is 5. The normalized spacial score (nSPS) is 13.1. The van der Waals surface area contributed by atoms with Crippen molar-refractivity contribution < 1.29 is 27.5 Å². The number of carbonyl (C=O) groups is 2. The Bertz CT molecular complexity index is 858. The van der Waals surface area contributed by atoms with E-state index in [1.165, 1.54) is 26.2 Å². The molecule has 0 aliphatic heterocycles. The number of hydrogen-bond donors (Lipinski definition) is 2. The number of carboxylic acid groups (broad SMARTS) is 1. The van der Waals surface area contributed by atoms with Gasteiger partial charge in [0.05, 0.1) is 6.26 Å². The SMILES string of the molecule is CC(=O)NCCN(C(C)C(=O)O)S(=O)(=O)c1cccc2ccoc12. The Hall–Kier alpha value is -2.39. The van der Waals surface area contributed by atoms with Gasteiger partial charge in [0, 0.05) is 25.4 Å². The Labute approximate surface area is 139 Å². The van der Waals surface area contributed by atoms with E-state index in [1.54, 1.807) is 18.2 Å². The lowest BCUT2D eigenvalue weighted by molar-refractivity contribution is -0.140. The van der Waals surface area contributed by atoms with Crippen LogP contribution in [0.2, 0.25) is 0 Å². The summed E-state index contributed by atoms with van der Waals surface area (Å²) in [6.45, 7) is 2.39. The number of sulfonamides is 1. The zero-order chi connectivity index (χ0) is 17.9. The molecule has 130 valence electrons. The lowest BCUT2D eigenvalue weighted by Crippen LogP contribution is -2.46. The van der Waals surface area contributed by atoms with Gasteiger partial charge in [-0.05, 0) is 19.1 Å². The molecule has 2 rings (SSSR count). The minimum atomic E-state index is -4.13. The lowest BCUT2D eigenvalue weighted by atomic mass is 10.3. The highest BCUT2D eigenvalue weighted by molar-refractivity contribution is 7.89. The Morgan fingerprint density at radius 1 is 1.33 bits per heavy atom. The van der Waals surface area contributed by atoms with Crippen LogP contribution in [0.15, 0.2) is 39.8 Å². The molecule has 2 aromatic rings.